The second-order valence-electron chi connectivity index (χ2n) is 6.02. The third kappa shape index (κ3) is 3.70. The molecule has 1 saturated heterocycles. The van der Waals surface area contributed by atoms with Gasteiger partial charge in [-0.05, 0) is 43.9 Å². The summed E-state index contributed by atoms with van der Waals surface area (Å²) >= 11 is 0. The summed E-state index contributed by atoms with van der Waals surface area (Å²) in [7, 11) is 0. The first-order valence-corrected chi connectivity index (χ1v) is 7.18. The minimum atomic E-state index is 0.220. The number of carbonyl (C=O) groups excluding carboxylic acids is 1. The van der Waals surface area contributed by atoms with Crippen molar-refractivity contribution in [2.75, 3.05) is 6.54 Å². The van der Waals surface area contributed by atoms with E-state index in [1.807, 2.05) is 0 Å². The summed E-state index contributed by atoms with van der Waals surface area (Å²) in [4.78, 5) is 11.5. The topological polar surface area (TPSA) is 41.1 Å². The van der Waals surface area contributed by atoms with Gasteiger partial charge in [0, 0.05) is 25.0 Å². The van der Waals surface area contributed by atoms with Crippen LogP contribution in [-0.4, -0.2) is 24.5 Å². The molecule has 0 aromatic rings. The second-order valence-corrected chi connectivity index (χ2v) is 6.02. The lowest BCUT2D eigenvalue weighted by Gasteiger charge is -2.34. The van der Waals surface area contributed by atoms with Crippen LogP contribution >= 0.6 is 0 Å². The van der Waals surface area contributed by atoms with E-state index < -0.39 is 0 Å². The van der Waals surface area contributed by atoms with Crippen molar-refractivity contribution in [3.63, 3.8) is 0 Å². The molecule has 0 spiro atoms. The molecule has 98 valence electrons. The Morgan fingerprint density at radius 3 is 2.71 bits per heavy atom. The van der Waals surface area contributed by atoms with Crippen LogP contribution < -0.4 is 10.6 Å². The summed E-state index contributed by atoms with van der Waals surface area (Å²) in [5.74, 6) is 1.91. The van der Waals surface area contributed by atoms with Crippen molar-refractivity contribution in [3.05, 3.63) is 0 Å². The van der Waals surface area contributed by atoms with Crippen molar-refractivity contribution >= 4 is 5.91 Å². The molecule has 0 bridgehead atoms. The first-order chi connectivity index (χ1) is 8.15. The fourth-order valence-electron chi connectivity index (χ4n) is 3.15. The molecular formula is C14H26N2O. The smallest absolute Gasteiger partial charge is 0.221 e. The number of nitrogens with one attached hydrogen (secondary N) is 2. The quantitative estimate of drug-likeness (QED) is 0.773. The first-order valence-electron chi connectivity index (χ1n) is 7.18. The van der Waals surface area contributed by atoms with E-state index in [9.17, 15) is 4.79 Å². The average molecular weight is 238 g/mol. The largest absolute Gasteiger partial charge is 0.356 e. The van der Waals surface area contributed by atoms with Gasteiger partial charge in [-0.15, -0.1) is 0 Å². The Kier molecular flexibility index (Phi) is 4.43. The molecule has 3 nitrogen and oxygen atoms in total. The fraction of sp³-hybridized carbons (Fsp3) is 0.929. The van der Waals surface area contributed by atoms with Crippen LogP contribution in [0.5, 0.6) is 0 Å². The Morgan fingerprint density at radius 2 is 1.94 bits per heavy atom. The molecule has 1 aliphatic heterocycles. The van der Waals surface area contributed by atoms with Gasteiger partial charge >= 0.3 is 0 Å². The van der Waals surface area contributed by atoms with Gasteiger partial charge in [-0.1, -0.05) is 13.8 Å². The van der Waals surface area contributed by atoms with E-state index in [4.69, 9.17) is 0 Å². The number of carbonyl (C=O) groups is 1. The van der Waals surface area contributed by atoms with Gasteiger partial charge in [0.2, 0.25) is 5.91 Å². The van der Waals surface area contributed by atoms with Crippen LogP contribution in [-0.2, 0) is 4.79 Å². The van der Waals surface area contributed by atoms with Gasteiger partial charge in [-0.3, -0.25) is 4.79 Å². The van der Waals surface area contributed by atoms with E-state index in [2.05, 4.69) is 24.5 Å². The standard InChI is InChI=1S/C14H26N2O/c1-10-5-6-13(8-11(10)2)16-12-4-3-7-15-14(17)9-12/h10-13,16H,3-9H2,1-2H3,(H,15,17). The van der Waals surface area contributed by atoms with Crippen LogP contribution in [0.4, 0.5) is 0 Å². The Labute approximate surface area is 105 Å². The van der Waals surface area contributed by atoms with Gasteiger partial charge in [0.25, 0.3) is 0 Å². The lowest BCUT2D eigenvalue weighted by atomic mass is 9.79. The van der Waals surface area contributed by atoms with E-state index in [1.54, 1.807) is 0 Å². The van der Waals surface area contributed by atoms with Crippen molar-refractivity contribution in [1.29, 1.82) is 0 Å². The average Bonchev–Trinajstić information content (AvgIpc) is 2.48. The van der Waals surface area contributed by atoms with E-state index in [0.29, 0.717) is 18.5 Å². The zero-order valence-electron chi connectivity index (χ0n) is 11.2. The Bertz CT molecular complexity index is 267. The van der Waals surface area contributed by atoms with Gasteiger partial charge in [0.05, 0.1) is 0 Å². The highest BCUT2D eigenvalue weighted by Gasteiger charge is 2.27. The van der Waals surface area contributed by atoms with E-state index >= 15 is 0 Å². The molecule has 0 aromatic heterocycles. The third-order valence-electron chi connectivity index (χ3n) is 4.55. The normalized spacial score (nSPS) is 39.5. The Hall–Kier alpha value is -0.570. The molecule has 0 radical (unpaired) electrons. The fourth-order valence-corrected chi connectivity index (χ4v) is 3.15. The van der Waals surface area contributed by atoms with Crippen LogP contribution in [0.2, 0.25) is 0 Å². The minimum Gasteiger partial charge on any atom is -0.356 e. The van der Waals surface area contributed by atoms with Crippen molar-refractivity contribution in [2.24, 2.45) is 11.8 Å². The number of hydrogen-bond acceptors (Lipinski definition) is 2. The van der Waals surface area contributed by atoms with Gasteiger partial charge in [-0.25, -0.2) is 0 Å². The highest BCUT2D eigenvalue weighted by Crippen LogP contribution is 2.29. The van der Waals surface area contributed by atoms with Gasteiger partial charge in [0.1, 0.15) is 0 Å². The highest BCUT2D eigenvalue weighted by atomic mass is 16.1. The minimum absolute atomic E-state index is 0.220. The lowest BCUT2D eigenvalue weighted by molar-refractivity contribution is -0.121. The maximum absolute atomic E-state index is 11.5. The monoisotopic (exact) mass is 238 g/mol. The first kappa shape index (κ1) is 12.9. The SMILES string of the molecule is CC1CCC(NC2CCCNC(=O)C2)CC1C. The summed E-state index contributed by atoms with van der Waals surface area (Å²) < 4.78 is 0. The van der Waals surface area contributed by atoms with Crippen molar-refractivity contribution in [2.45, 2.75) is 64.5 Å². The molecular weight excluding hydrogens is 212 g/mol. The van der Waals surface area contributed by atoms with Crippen molar-refractivity contribution in [1.82, 2.24) is 10.6 Å². The van der Waals surface area contributed by atoms with Crippen LogP contribution in [0.25, 0.3) is 0 Å². The number of hydrogen-bond donors (Lipinski definition) is 2. The molecule has 1 saturated carbocycles. The van der Waals surface area contributed by atoms with E-state index in [1.165, 1.54) is 19.3 Å². The second kappa shape index (κ2) is 5.85. The molecule has 1 heterocycles. The molecule has 1 aliphatic carbocycles. The van der Waals surface area contributed by atoms with Gasteiger partial charge in [0.15, 0.2) is 0 Å². The number of rotatable bonds is 2. The predicted octanol–water partition coefficient (Wildman–Crippen LogP) is 2.07. The Morgan fingerprint density at radius 1 is 1.12 bits per heavy atom. The number of amides is 1. The molecule has 1 amide bonds. The summed E-state index contributed by atoms with van der Waals surface area (Å²) in [6.45, 7) is 5.58. The summed E-state index contributed by atoms with van der Waals surface area (Å²) in [5.41, 5.74) is 0. The predicted molar refractivity (Wildman–Crippen MR) is 69.8 cm³/mol. The molecule has 2 aliphatic rings. The highest BCUT2D eigenvalue weighted by molar-refractivity contribution is 5.76. The molecule has 4 atom stereocenters. The van der Waals surface area contributed by atoms with Crippen LogP contribution in [0.15, 0.2) is 0 Å². The third-order valence-corrected chi connectivity index (χ3v) is 4.55. The summed E-state index contributed by atoms with van der Waals surface area (Å²) in [5, 5.41) is 6.67. The lowest BCUT2D eigenvalue weighted by Crippen LogP contribution is -2.43. The Balaban J connectivity index is 1.81. The van der Waals surface area contributed by atoms with Crippen LogP contribution in [0, 0.1) is 11.8 Å². The molecule has 3 heteroatoms. The van der Waals surface area contributed by atoms with Crippen molar-refractivity contribution < 1.29 is 4.79 Å². The van der Waals surface area contributed by atoms with Gasteiger partial charge in [-0.2, -0.15) is 0 Å². The summed E-state index contributed by atoms with van der Waals surface area (Å²) in [6.07, 6.45) is 6.81. The van der Waals surface area contributed by atoms with Crippen LogP contribution in [0.3, 0.4) is 0 Å². The molecule has 17 heavy (non-hydrogen) atoms. The molecule has 2 fully saturated rings. The zero-order valence-corrected chi connectivity index (χ0v) is 11.2. The molecule has 2 rings (SSSR count). The molecule has 2 N–H and O–H groups in total. The zero-order chi connectivity index (χ0) is 12.3. The summed E-state index contributed by atoms with van der Waals surface area (Å²) in [6, 6.07) is 1.04. The molecule has 0 aromatic carbocycles. The van der Waals surface area contributed by atoms with Crippen molar-refractivity contribution in [3.8, 4) is 0 Å². The van der Waals surface area contributed by atoms with Crippen LogP contribution in [0.1, 0.15) is 52.4 Å². The maximum atomic E-state index is 11.5. The molecule has 4 unspecified atom stereocenters. The van der Waals surface area contributed by atoms with E-state index in [0.717, 1.165) is 31.2 Å². The maximum Gasteiger partial charge on any atom is 0.221 e. The van der Waals surface area contributed by atoms with E-state index in [-0.39, 0.29) is 5.91 Å². The van der Waals surface area contributed by atoms with Gasteiger partial charge < -0.3 is 10.6 Å².